The van der Waals surface area contributed by atoms with E-state index in [9.17, 15) is 9.18 Å². The van der Waals surface area contributed by atoms with E-state index >= 15 is 0 Å². The summed E-state index contributed by atoms with van der Waals surface area (Å²) in [5.74, 6) is -1.80. The number of carboxylic acids is 1. The molecule has 2 nitrogen and oxygen atoms in total. The second-order valence-corrected chi connectivity index (χ2v) is 4.37. The average Bonchev–Trinajstić information content (AvgIpc) is 2.53. The van der Waals surface area contributed by atoms with Gasteiger partial charge in [-0.1, -0.05) is 0 Å². The van der Waals surface area contributed by atoms with E-state index in [0.717, 1.165) is 15.4 Å². The first-order valence-electron chi connectivity index (χ1n) is 3.09. The molecule has 5 heteroatoms. The maximum Gasteiger partial charge on any atom is 0.348 e. The lowest BCUT2D eigenvalue weighted by Gasteiger charge is -1.84. The fourth-order valence-corrected chi connectivity index (χ4v) is 2.90. The highest BCUT2D eigenvalue weighted by molar-refractivity contribution is 7.38. The highest BCUT2D eigenvalue weighted by Crippen LogP contribution is 2.33. The number of hydrogen-bond acceptors (Lipinski definition) is 3. The Morgan fingerprint density at radius 1 is 1.58 bits per heavy atom. The zero-order valence-electron chi connectivity index (χ0n) is 5.70. The van der Waals surface area contributed by atoms with Crippen molar-refractivity contribution in [2.24, 2.45) is 0 Å². The van der Waals surface area contributed by atoms with Gasteiger partial charge in [0.05, 0.1) is 4.01 Å². The smallest absolute Gasteiger partial charge is 0.348 e. The van der Waals surface area contributed by atoms with Crippen LogP contribution in [0.2, 0.25) is 0 Å². The predicted octanol–water partition coefficient (Wildman–Crippen LogP) is 2.80. The molecule has 0 aliphatic heterocycles. The normalized spacial score (nSPS) is 10.8. The van der Waals surface area contributed by atoms with Crippen molar-refractivity contribution >= 4 is 38.0 Å². The van der Waals surface area contributed by atoms with Crippen LogP contribution in [-0.4, -0.2) is 11.1 Å². The van der Waals surface area contributed by atoms with Gasteiger partial charge in [-0.25, -0.2) is 9.18 Å². The summed E-state index contributed by atoms with van der Waals surface area (Å²) in [6.45, 7) is 0. The maximum atomic E-state index is 13.1. The number of carboxylic acid groups (broad SMARTS) is 1. The molecule has 0 unspecified atom stereocenters. The van der Waals surface area contributed by atoms with Crippen LogP contribution in [0.5, 0.6) is 0 Å². The standard InChI is InChI=1S/C7H3FO2S2/c8-4-3-1-2-11-7(3)12-5(4)6(9)10/h1-2H,(H,9,10). The number of thiophene rings is 2. The molecule has 0 aromatic carbocycles. The minimum Gasteiger partial charge on any atom is -0.477 e. The van der Waals surface area contributed by atoms with Crippen LogP contribution in [0.15, 0.2) is 11.4 Å². The Bertz CT molecular complexity index is 443. The van der Waals surface area contributed by atoms with Gasteiger partial charge in [0.25, 0.3) is 0 Å². The topological polar surface area (TPSA) is 37.3 Å². The average molecular weight is 202 g/mol. The van der Waals surface area contributed by atoms with Crippen LogP contribution < -0.4 is 0 Å². The molecule has 0 saturated carbocycles. The number of aromatic carboxylic acids is 1. The molecule has 0 radical (unpaired) electrons. The lowest BCUT2D eigenvalue weighted by atomic mass is 10.3. The molecular weight excluding hydrogens is 199 g/mol. The van der Waals surface area contributed by atoms with Crippen LogP contribution >= 0.6 is 22.7 Å². The summed E-state index contributed by atoms with van der Waals surface area (Å²) in [6.07, 6.45) is 0. The van der Waals surface area contributed by atoms with Gasteiger partial charge < -0.3 is 5.11 Å². The zero-order chi connectivity index (χ0) is 8.72. The molecule has 62 valence electrons. The van der Waals surface area contributed by atoms with E-state index in [-0.39, 0.29) is 4.88 Å². The van der Waals surface area contributed by atoms with Gasteiger partial charge in [-0.3, -0.25) is 0 Å². The highest BCUT2D eigenvalue weighted by atomic mass is 32.2. The highest BCUT2D eigenvalue weighted by Gasteiger charge is 2.17. The van der Waals surface area contributed by atoms with Crippen LogP contribution in [0.3, 0.4) is 0 Å². The minimum atomic E-state index is -1.19. The van der Waals surface area contributed by atoms with Crippen LogP contribution in [-0.2, 0) is 0 Å². The molecular formula is C7H3FO2S2. The first kappa shape index (κ1) is 7.70. The molecule has 2 rings (SSSR count). The Morgan fingerprint density at radius 2 is 2.33 bits per heavy atom. The molecule has 12 heavy (non-hydrogen) atoms. The minimum absolute atomic E-state index is 0.197. The van der Waals surface area contributed by atoms with Gasteiger partial charge in [0.15, 0.2) is 5.82 Å². The Morgan fingerprint density at radius 3 is 2.92 bits per heavy atom. The van der Waals surface area contributed by atoms with Crippen LogP contribution in [0.1, 0.15) is 9.67 Å². The van der Waals surface area contributed by atoms with Crippen molar-refractivity contribution in [3.63, 3.8) is 0 Å². The van der Waals surface area contributed by atoms with Gasteiger partial charge in [0.1, 0.15) is 4.88 Å². The van der Waals surface area contributed by atoms with Crippen molar-refractivity contribution in [2.45, 2.75) is 0 Å². The van der Waals surface area contributed by atoms with Crippen molar-refractivity contribution in [2.75, 3.05) is 0 Å². The summed E-state index contributed by atoms with van der Waals surface area (Å²) < 4.78 is 13.9. The molecule has 0 aliphatic carbocycles. The molecule has 0 atom stereocenters. The van der Waals surface area contributed by atoms with Crippen LogP contribution in [0.4, 0.5) is 4.39 Å². The number of halogens is 1. The van der Waals surface area contributed by atoms with Gasteiger partial charge in [-0.2, -0.15) is 0 Å². The van der Waals surface area contributed by atoms with Crippen molar-refractivity contribution < 1.29 is 14.3 Å². The lowest BCUT2D eigenvalue weighted by molar-refractivity contribution is 0.0698. The largest absolute Gasteiger partial charge is 0.477 e. The van der Waals surface area contributed by atoms with Gasteiger partial charge in [-0.05, 0) is 11.4 Å². The molecule has 0 spiro atoms. The van der Waals surface area contributed by atoms with Gasteiger partial charge in [0.2, 0.25) is 0 Å². The second-order valence-electron chi connectivity index (χ2n) is 2.17. The van der Waals surface area contributed by atoms with E-state index in [1.54, 1.807) is 11.4 Å². The third kappa shape index (κ3) is 0.937. The Kier molecular flexibility index (Phi) is 1.62. The van der Waals surface area contributed by atoms with Crippen LogP contribution in [0.25, 0.3) is 9.40 Å². The Hall–Kier alpha value is -0.940. The second kappa shape index (κ2) is 2.53. The van der Waals surface area contributed by atoms with Gasteiger partial charge in [-0.15, -0.1) is 22.7 Å². The third-order valence-corrected chi connectivity index (χ3v) is 3.66. The van der Waals surface area contributed by atoms with E-state index in [1.807, 2.05) is 0 Å². The SMILES string of the molecule is O=C(O)c1sc2sccc2c1F. The van der Waals surface area contributed by atoms with E-state index in [2.05, 4.69) is 0 Å². The van der Waals surface area contributed by atoms with E-state index in [0.29, 0.717) is 5.39 Å². The molecule has 2 heterocycles. The molecule has 0 amide bonds. The lowest BCUT2D eigenvalue weighted by Crippen LogP contribution is -1.94. The van der Waals surface area contributed by atoms with Crippen molar-refractivity contribution in [1.82, 2.24) is 0 Å². The first-order valence-corrected chi connectivity index (χ1v) is 4.78. The van der Waals surface area contributed by atoms with Crippen molar-refractivity contribution in [3.05, 3.63) is 22.1 Å². The van der Waals surface area contributed by atoms with Crippen LogP contribution in [0, 0.1) is 5.82 Å². The van der Waals surface area contributed by atoms with E-state index < -0.39 is 11.8 Å². The summed E-state index contributed by atoms with van der Waals surface area (Å²) >= 11 is 2.34. The number of rotatable bonds is 1. The van der Waals surface area contributed by atoms with E-state index in [1.165, 1.54) is 11.3 Å². The van der Waals surface area contributed by atoms with E-state index in [4.69, 9.17) is 5.11 Å². The number of hydrogen-bond donors (Lipinski definition) is 1. The number of carbonyl (C=O) groups is 1. The molecule has 1 N–H and O–H groups in total. The zero-order valence-corrected chi connectivity index (χ0v) is 7.34. The van der Waals surface area contributed by atoms with Gasteiger partial charge in [0, 0.05) is 5.39 Å². The molecule has 0 fully saturated rings. The first-order chi connectivity index (χ1) is 5.70. The summed E-state index contributed by atoms with van der Waals surface area (Å²) in [6, 6.07) is 1.60. The molecule has 2 aromatic rings. The number of fused-ring (bicyclic) bond motifs is 1. The van der Waals surface area contributed by atoms with Gasteiger partial charge >= 0.3 is 5.97 Å². The molecule has 0 aliphatic rings. The van der Waals surface area contributed by atoms with Crippen molar-refractivity contribution in [3.8, 4) is 0 Å². The molecule has 0 saturated heterocycles. The summed E-state index contributed by atoms with van der Waals surface area (Å²) in [5.41, 5.74) is 0. The summed E-state index contributed by atoms with van der Waals surface area (Å²) in [5, 5.41) is 10.7. The summed E-state index contributed by atoms with van der Waals surface area (Å²) in [4.78, 5) is 10.3. The molecule has 0 bridgehead atoms. The quantitative estimate of drug-likeness (QED) is 0.772. The summed E-state index contributed by atoms with van der Waals surface area (Å²) in [7, 11) is 0. The Labute approximate surface area is 74.9 Å². The molecule has 2 aromatic heterocycles. The Balaban J connectivity index is 2.78. The maximum absolute atomic E-state index is 13.1. The third-order valence-electron chi connectivity index (χ3n) is 1.45. The monoisotopic (exact) mass is 202 g/mol. The predicted molar refractivity (Wildman–Crippen MR) is 46.6 cm³/mol. The van der Waals surface area contributed by atoms with Crippen molar-refractivity contribution in [1.29, 1.82) is 0 Å². The fourth-order valence-electron chi connectivity index (χ4n) is 0.935. The fraction of sp³-hybridized carbons (Fsp3) is 0.